The summed E-state index contributed by atoms with van der Waals surface area (Å²) in [6, 6.07) is 4.40. The molecule has 0 aromatic heterocycles. The average Bonchev–Trinajstić information content (AvgIpc) is 3.12. The van der Waals surface area contributed by atoms with E-state index in [1.165, 1.54) is 25.0 Å². The fourth-order valence-corrected chi connectivity index (χ4v) is 1.61. The van der Waals surface area contributed by atoms with Gasteiger partial charge < -0.3 is 10.5 Å². The zero-order valence-electron chi connectivity index (χ0n) is 9.71. The molecule has 3 heteroatoms. The predicted molar refractivity (Wildman–Crippen MR) is 65.2 cm³/mol. The first-order valence-electron chi connectivity index (χ1n) is 5.91. The zero-order valence-corrected chi connectivity index (χ0v) is 9.71. The van der Waals surface area contributed by atoms with Crippen molar-refractivity contribution in [3.05, 3.63) is 29.6 Å². The fraction of sp³-hybridized carbons (Fsp3) is 0.429. The van der Waals surface area contributed by atoms with Crippen molar-refractivity contribution in [2.24, 2.45) is 11.7 Å². The first-order valence-corrected chi connectivity index (χ1v) is 5.91. The van der Waals surface area contributed by atoms with E-state index in [4.69, 9.17) is 10.5 Å². The predicted octanol–water partition coefficient (Wildman–Crippen LogP) is 2.31. The van der Waals surface area contributed by atoms with Crippen LogP contribution in [-0.4, -0.2) is 13.2 Å². The molecule has 0 aliphatic heterocycles. The normalized spacial score (nSPS) is 14.0. The average molecular weight is 233 g/mol. The lowest BCUT2D eigenvalue weighted by molar-refractivity contribution is 0.300. The monoisotopic (exact) mass is 233 g/mol. The van der Waals surface area contributed by atoms with Gasteiger partial charge in [0.2, 0.25) is 0 Å². The number of halogens is 1. The molecule has 0 spiro atoms. The quantitative estimate of drug-likeness (QED) is 0.810. The molecule has 0 heterocycles. The molecule has 1 saturated carbocycles. The Morgan fingerprint density at radius 1 is 1.41 bits per heavy atom. The maximum absolute atomic E-state index is 13.1. The van der Waals surface area contributed by atoms with Crippen molar-refractivity contribution in [2.45, 2.75) is 19.3 Å². The zero-order chi connectivity index (χ0) is 12.1. The molecule has 1 aliphatic carbocycles. The van der Waals surface area contributed by atoms with Gasteiger partial charge in [-0.25, -0.2) is 4.39 Å². The van der Waals surface area contributed by atoms with E-state index < -0.39 is 0 Å². The minimum atomic E-state index is -0.301. The molecule has 2 nitrogen and oxygen atoms in total. The maximum atomic E-state index is 13.1. The fourth-order valence-electron chi connectivity index (χ4n) is 1.61. The highest BCUT2D eigenvalue weighted by atomic mass is 19.1. The summed E-state index contributed by atoms with van der Waals surface area (Å²) in [7, 11) is 0. The van der Waals surface area contributed by atoms with E-state index in [9.17, 15) is 4.39 Å². The standard InChI is InChI=1S/C14H16FNO/c15-13-6-5-12(2-1-8-16)14(10-13)17-9-7-11-3-4-11/h5-6,10-11H,3-4,7-9,16H2. The van der Waals surface area contributed by atoms with E-state index in [-0.39, 0.29) is 5.82 Å². The minimum Gasteiger partial charge on any atom is -0.492 e. The van der Waals surface area contributed by atoms with Gasteiger partial charge in [-0.1, -0.05) is 24.7 Å². The molecular weight excluding hydrogens is 217 g/mol. The van der Waals surface area contributed by atoms with Crippen LogP contribution in [0.1, 0.15) is 24.8 Å². The number of hydrogen-bond acceptors (Lipinski definition) is 2. The van der Waals surface area contributed by atoms with Crippen LogP contribution in [0, 0.1) is 23.6 Å². The van der Waals surface area contributed by atoms with Gasteiger partial charge in [0.1, 0.15) is 11.6 Å². The highest BCUT2D eigenvalue weighted by Crippen LogP contribution is 2.32. The van der Waals surface area contributed by atoms with Crippen LogP contribution in [-0.2, 0) is 0 Å². The van der Waals surface area contributed by atoms with Gasteiger partial charge in [-0.15, -0.1) is 0 Å². The van der Waals surface area contributed by atoms with Gasteiger partial charge in [-0.2, -0.15) is 0 Å². The van der Waals surface area contributed by atoms with Gasteiger partial charge in [-0.3, -0.25) is 0 Å². The summed E-state index contributed by atoms with van der Waals surface area (Å²) in [4.78, 5) is 0. The highest BCUT2D eigenvalue weighted by molar-refractivity contribution is 5.46. The van der Waals surface area contributed by atoms with E-state index in [1.807, 2.05) is 0 Å². The third-order valence-electron chi connectivity index (χ3n) is 2.75. The van der Waals surface area contributed by atoms with Crippen LogP contribution in [0.25, 0.3) is 0 Å². The Morgan fingerprint density at radius 3 is 2.94 bits per heavy atom. The second-order valence-corrected chi connectivity index (χ2v) is 4.23. The first kappa shape index (κ1) is 11.9. The van der Waals surface area contributed by atoms with E-state index >= 15 is 0 Å². The van der Waals surface area contributed by atoms with Crippen LogP contribution >= 0.6 is 0 Å². The topological polar surface area (TPSA) is 35.2 Å². The Kier molecular flexibility index (Phi) is 4.00. The van der Waals surface area contributed by atoms with Crippen molar-refractivity contribution in [1.82, 2.24) is 0 Å². The summed E-state index contributed by atoms with van der Waals surface area (Å²) < 4.78 is 18.7. The molecule has 0 radical (unpaired) electrons. The number of benzene rings is 1. The van der Waals surface area contributed by atoms with Crippen LogP contribution in [0.15, 0.2) is 18.2 Å². The third-order valence-corrected chi connectivity index (χ3v) is 2.75. The number of hydrogen-bond donors (Lipinski definition) is 1. The van der Waals surface area contributed by atoms with Gasteiger partial charge in [0, 0.05) is 6.07 Å². The third kappa shape index (κ3) is 3.76. The maximum Gasteiger partial charge on any atom is 0.137 e. The molecule has 2 N–H and O–H groups in total. The van der Waals surface area contributed by atoms with Crippen molar-refractivity contribution in [3.63, 3.8) is 0 Å². The van der Waals surface area contributed by atoms with Crippen LogP contribution in [0.4, 0.5) is 4.39 Å². The molecule has 2 rings (SSSR count). The second kappa shape index (κ2) is 5.70. The molecule has 17 heavy (non-hydrogen) atoms. The Balaban J connectivity index is 2.02. The molecular formula is C14H16FNO. The summed E-state index contributed by atoms with van der Waals surface area (Å²) in [6.07, 6.45) is 3.64. The molecule has 1 aromatic rings. The number of nitrogens with two attached hydrogens (primary N) is 1. The van der Waals surface area contributed by atoms with Crippen molar-refractivity contribution >= 4 is 0 Å². The second-order valence-electron chi connectivity index (χ2n) is 4.23. The first-order chi connectivity index (χ1) is 8.29. The van der Waals surface area contributed by atoms with Crippen molar-refractivity contribution < 1.29 is 9.13 Å². The Morgan fingerprint density at radius 2 is 2.24 bits per heavy atom. The van der Waals surface area contributed by atoms with Crippen LogP contribution in [0.5, 0.6) is 5.75 Å². The smallest absolute Gasteiger partial charge is 0.137 e. The lowest BCUT2D eigenvalue weighted by Crippen LogP contribution is -2.01. The van der Waals surface area contributed by atoms with Gasteiger partial charge in [0.15, 0.2) is 0 Å². The van der Waals surface area contributed by atoms with E-state index in [0.29, 0.717) is 24.5 Å². The summed E-state index contributed by atoms with van der Waals surface area (Å²) in [5, 5.41) is 0. The SMILES string of the molecule is NCC#Cc1ccc(F)cc1OCCC1CC1. The minimum absolute atomic E-state index is 0.291. The van der Waals surface area contributed by atoms with E-state index in [0.717, 1.165) is 12.3 Å². The molecule has 90 valence electrons. The lowest BCUT2D eigenvalue weighted by atomic mass is 10.2. The van der Waals surface area contributed by atoms with Crippen LogP contribution in [0.2, 0.25) is 0 Å². The number of ether oxygens (including phenoxy) is 1. The molecule has 0 unspecified atom stereocenters. The Hall–Kier alpha value is -1.53. The van der Waals surface area contributed by atoms with E-state index in [2.05, 4.69) is 11.8 Å². The highest BCUT2D eigenvalue weighted by Gasteiger charge is 2.20. The van der Waals surface area contributed by atoms with Gasteiger partial charge >= 0.3 is 0 Å². The van der Waals surface area contributed by atoms with Crippen LogP contribution in [0.3, 0.4) is 0 Å². The van der Waals surface area contributed by atoms with Gasteiger partial charge in [0.05, 0.1) is 18.7 Å². The van der Waals surface area contributed by atoms with E-state index in [1.54, 1.807) is 6.07 Å². The molecule has 0 saturated heterocycles. The Labute approximate surface area is 101 Å². The molecule has 1 aromatic carbocycles. The lowest BCUT2D eigenvalue weighted by Gasteiger charge is -2.07. The van der Waals surface area contributed by atoms with Crippen molar-refractivity contribution in [3.8, 4) is 17.6 Å². The van der Waals surface area contributed by atoms with Crippen LogP contribution < -0.4 is 10.5 Å². The molecule has 0 bridgehead atoms. The molecule has 0 amide bonds. The summed E-state index contributed by atoms with van der Waals surface area (Å²) in [5.41, 5.74) is 6.02. The van der Waals surface area contributed by atoms with Crippen molar-refractivity contribution in [1.29, 1.82) is 0 Å². The molecule has 1 aliphatic rings. The molecule has 1 fully saturated rings. The summed E-state index contributed by atoms with van der Waals surface area (Å²) >= 11 is 0. The Bertz CT molecular complexity index is 443. The largest absolute Gasteiger partial charge is 0.492 e. The summed E-state index contributed by atoms with van der Waals surface area (Å²) in [5.74, 6) is 6.66. The molecule has 0 atom stereocenters. The van der Waals surface area contributed by atoms with Gasteiger partial charge in [-0.05, 0) is 24.5 Å². The summed E-state index contributed by atoms with van der Waals surface area (Å²) in [6.45, 7) is 0.921. The van der Waals surface area contributed by atoms with Crippen molar-refractivity contribution in [2.75, 3.05) is 13.2 Å². The van der Waals surface area contributed by atoms with Gasteiger partial charge in [0.25, 0.3) is 0 Å². The number of rotatable bonds is 4.